The second kappa shape index (κ2) is 7.83. The number of hydrogen-bond acceptors (Lipinski definition) is 5. The minimum Gasteiger partial charge on any atom is -0.381 e. The number of hydrogen-bond donors (Lipinski definition) is 0. The summed E-state index contributed by atoms with van der Waals surface area (Å²) >= 11 is 0. The summed E-state index contributed by atoms with van der Waals surface area (Å²) in [4.78, 5) is 29.8. The van der Waals surface area contributed by atoms with Gasteiger partial charge in [0.1, 0.15) is 12.2 Å². The summed E-state index contributed by atoms with van der Waals surface area (Å²) in [5.41, 5.74) is 2.47. The molecule has 0 saturated carbocycles. The molecule has 0 aromatic carbocycles. The quantitative estimate of drug-likeness (QED) is 0.780. The van der Waals surface area contributed by atoms with Gasteiger partial charge >= 0.3 is 0 Å². The molecule has 1 aromatic heterocycles. The van der Waals surface area contributed by atoms with Crippen molar-refractivity contribution in [1.82, 2.24) is 19.6 Å². The van der Waals surface area contributed by atoms with E-state index in [-0.39, 0.29) is 36.6 Å². The maximum absolute atomic E-state index is 13.4. The molecule has 2 amide bonds. The van der Waals surface area contributed by atoms with Crippen LogP contribution in [0.1, 0.15) is 61.5 Å². The molecular formula is C20H30N4O4. The Labute approximate surface area is 165 Å². The predicted octanol–water partition coefficient (Wildman–Crippen LogP) is 1.39. The van der Waals surface area contributed by atoms with E-state index in [1.807, 2.05) is 25.7 Å². The minimum atomic E-state index is -0.120. The van der Waals surface area contributed by atoms with Crippen LogP contribution in [0, 0.1) is 0 Å². The molecule has 1 aromatic rings. The van der Waals surface area contributed by atoms with E-state index < -0.39 is 0 Å². The number of piperazine rings is 1. The standard InChI is InChI=1S/C20H30N4O4/c1-4-24-19(16-11-13(2)28-14(3)18(16)21-24)20(26)22-7-8-23(17(25)12-22)15-5-9-27-10-6-15/h13-15H,4-12H2,1-3H3/t13-,14+/m0/s1. The largest absolute Gasteiger partial charge is 0.381 e. The highest BCUT2D eigenvalue weighted by Gasteiger charge is 2.37. The summed E-state index contributed by atoms with van der Waals surface area (Å²) in [5, 5.41) is 4.64. The second-order valence-electron chi connectivity index (χ2n) is 7.98. The Morgan fingerprint density at radius 1 is 1.21 bits per heavy atom. The fourth-order valence-electron chi connectivity index (χ4n) is 4.65. The maximum atomic E-state index is 13.4. The lowest BCUT2D eigenvalue weighted by molar-refractivity contribution is -0.139. The first-order valence-corrected chi connectivity index (χ1v) is 10.4. The van der Waals surface area contributed by atoms with Crippen LogP contribution in [0.3, 0.4) is 0 Å². The lowest BCUT2D eigenvalue weighted by Gasteiger charge is -2.40. The Balaban J connectivity index is 1.53. The minimum absolute atomic E-state index is 0.0352. The molecule has 0 aliphatic carbocycles. The average Bonchev–Trinajstić information content (AvgIpc) is 3.06. The number of ether oxygens (including phenoxy) is 2. The summed E-state index contributed by atoms with van der Waals surface area (Å²) < 4.78 is 13.1. The molecule has 2 saturated heterocycles. The number of carbonyl (C=O) groups excluding carboxylic acids is 2. The third-order valence-corrected chi connectivity index (χ3v) is 6.07. The summed E-state index contributed by atoms with van der Waals surface area (Å²) in [6, 6.07) is 0.242. The number of aromatic nitrogens is 2. The monoisotopic (exact) mass is 390 g/mol. The Bertz CT molecular complexity index is 756. The van der Waals surface area contributed by atoms with Crippen LogP contribution in [-0.4, -0.2) is 76.4 Å². The van der Waals surface area contributed by atoms with Crippen LogP contribution in [0.15, 0.2) is 0 Å². The van der Waals surface area contributed by atoms with Gasteiger partial charge in [-0.05, 0) is 33.6 Å². The number of carbonyl (C=O) groups is 2. The maximum Gasteiger partial charge on any atom is 0.272 e. The lowest BCUT2D eigenvalue weighted by atomic mass is 9.99. The molecule has 2 atom stereocenters. The van der Waals surface area contributed by atoms with Crippen LogP contribution in [0.25, 0.3) is 0 Å². The fourth-order valence-corrected chi connectivity index (χ4v) is 4.65. The van der Waals surface area contributed by atoms with Gasteiger partial charge in [0.2, 0.25) is 5.91 Å². The van der Waals surface area contributed by atoms with E-state index in [1.165, 1.54) is 0 Å². The third-order valence-electron chi connectivity index (χ3n) is 6.07. The summed E-state index contributed by atoms with van der Waals surface area (Å²) in [7, 11) is 0. The molecule has 4 rings (SSSR count). The number of amides is 2. The van der Waals surface area contributed by atoms with E-state index in [1.54, 1.807) is 9.58 Å². The molecule has 0 bridgehead atoms. The van der Waals surface area contributed by atoms with Crippen LogP contribution >= 0.6 is 0 Å². The first-order valence-electron chi connectivity index (χ1n) is 10.4. The van der Waals surface area contributed by atoms with Crippen molar-refractivity contribution in [2.45, 2.75) is 64.8 Å². The molecule has 28 heavy (non-hydrogen) atoms. The van der Waals surface area contributed by atoms with Gasteiger partial charge in [0.05, 0.1) is 17.9 Å². The summed E-state index contributed by atoms with van der Waals surface area (Å²) in [6.45, 7) is 9.31. The summed E-state index contributed by atoms with van der Waals surface area (Å²) in [5.74, 6) is -0.0510. The highest BCUT2D eigenvalue weighted by Crippen LogP contribution is 2.32. The van der Waals surface area contributed by atoms with Crippen LogP contribution in [-0.2, 0) is 27.2 Å². The van der Waals surface area contributed by atoms with Crippen LogP contribution in [0.4, 0.5) is 0 Å². The lowest BCUT2D eigenvalue weighted by Crippen LogP contribution is -2.56. The van der Waals surface area contributed by atoms with Gasteiger partial charge in [-0.2, -0.15) is 5.10 Å². The zero-order valence-corrected chi connectivity index (χ0v) is 17.0. The molecule has 0 N–H and O–H groups in total. The van der Waals surface area contributed by atoms with E-state index in [4.69, 9.17) is 9.47 Å². The normalized spacial score (nSPS) is 26.5. The van der Waals surface area contributed by atoms with E-state index in [9.17, 15) is 9.59 Å². The molecule has 8 heteroatoms. The fraction of sp³-hybridized carbons (Fsp3) is 0.750. The number of nitrogens with zero attached hydrogens (tertiary/aromatic N) is 4. The van der Waals surface area contributed by atoms with Crippen molar-refractivity contribution in [2.24, 2.45) is 0 Å². The van der Waals surface area contributed by atoms with Crippen LogP contribution < -0.4 is 0 Å². The second-order valence-corrected chi connectivity index (χ2v) is 7.98. The zero-order valence-electron chi connectivity index (χ0n) is 17.0. The number of rotatable bonds is 3. The van der Waals surface area contributed by atoms with Crippen molar-refractivity contribution < 1.29 is 19.1 Å². The highest BCUT2D eigenvalue weighted by molar-refractivity contribution is 5.97. The SMILES string of the molecule is CCn1nc2c(c1C(=O)N1CCN(C3CCOCC3)C(=O)C1)C[C@H](C)O[C@@H]2C. The van der Waals surface area contributed by atoms with Gasteiger partial charge in [-0.25, -0.2) is 0 Å². The molecule has 4 heterocycles. The van der Waals surface area contributed by atoms with Gasteiger partial charge in [-0.15, -0.1) is 0 Å². The van der Waals surface area contributed by atoms with Gasteiger partial charge in [0.25, 0.3) is 5.91 Å². The van der Waals surface area contributed by atoms with Crippen molar-refractivity contribution in [1.29, 1.82) is 0 Å². The topological polar surface area (TPSA) is 76.9 Å². The Morgan fingerprint density at radius 3 is 2.64 bits per heavy atom. The first kappa shape index (κ1) is 19.4. The van der Waals surface area contributed by atoms with Crippen molar-refractivity contribution in [3.63, 3.8) is 0 Å². The van der Waals surface area contributed by atoms with E-state index in [0.717, 1.165) is 24.1 Å². The molecule has 0 radical (unpaired) electrons. The van der Waals surface area contributed by atoms with Gasteiger partial charge in [0.15, 0.2) is 0 Å². The van der Waals surface area contributed by atoms with Gasteiger partial charge < -0.3 is 19.3 Å². The zero-order chi connectivity index (χ0) is 19.8. The van der Waals surface area contributed by atoms with Crippen molar-refractivity contribution in [3.8, 4) is 0 Å². The number of fused-ring (bicyclic) bond motifs is 1. The van der Waals surface area contributed by atoms with Gasteiger partial charge in [0, 0.05) is 50.9 Å². The van der Waals surface area contributed by atoms with Crippen molar-refractivity contribution in [3.05, 3.63) is 17.0 Å². The highest BCUT2D eigenvalue weighted by atomic mass is 16.5. The molecule has 3 aliphatic heterocycles. The first-order chi connectivity index (χ1) is 13.5. The molecule has 0 spiro atoms. The Morgan fingerprint density at radius 2 is 1.96 bits per heavy atom. The molecule has 3 aliphatic rings. The average molecular weight is 390 g/mol. The van der Waals surface area contributed by atoms with Crippen molar-refractivity contribution >= 4 is 11.8 Å². The van der Waals surface area contributed by atoms with E-state index >= 15 is 0 Å². The van der Waals surface area contributed by atoms with Gasteiger partial charge in [-0.1, -0.05) is 0 Å². The molecule has 2 fully saturated rings. The van der Waals surface area contributed by atoms with Crippen LogP contribution in [0.5, 0.6) is 0 Å². The predicted molar refractivity (Wildman–Crippen MR) is 102 cm³/mol. The smallest absolute Gasteiger partial charge is 0.272 e. The number of aryl methyl sites for hydroxylation is 1. The summed E-state index contributed by atoms with van der Waals surface area (Å²) in [6.07, 6.45) is 2.37. The molecule has 0 unspecified atom stereocenters. The molecule has 8 nitrogen and oxygen atoms in total. The van der Waals surface area contributed by atoms with Gasteiger partial charge in [-0.3, -0.25) is 14.3 Å². The van der Waals surface area contributed by atoms with E-state index in [2.05, 4.69) is 5.10 Å². The Hall–Kier alpha value is -1.93. The molecular weight excluding hydrogens is 360 g/mol. The third kappa shape index (κ3) is 3.43. The molecule has 154 valence electrons. The van der Waals surface area contributed by atoms with Crippen LogP contribution in [0.2, 0.25) is 0 Å². The Kier molecular flexibility index (Phi) is 5.42. The van der Waals surface area contributed by atoms with E-state index in [0.29, 0.717) is 45.0 Å². The van der Waals surface area contributed by atoms with Crippen molar-refractivity contribution in [2.75, 3.05) is 32.8 Å².